The Bertz CT molecular complexity index is 1720. The molecule has 2 aromatic heterocycles. The van der Waals surface area contributed by atoms with Gasteiger partial charge in [-0.05, 0) is 73.4 Å². The summed E-state index contributed by atoms with van der Waals surface area (Å²) in [5.41, 5.74) is 0.762. The van der Waals surface area contributed by atoms with Gasteiger partial charge in [0.1, 0.15) is 22.6 Å². The average molecular weight is 862 g/mol. The molecular weight excluding hydrogens is 823 g/mol. The number of rotatable bonds is 8. The largest absolute Gasteiger partial charge is 3.00 e. The molecule has 6 nitrogen and oxygen atoms in total. The minimum atomic E-state index is -1.33. The second-order valence-electron chi connectivity index (χ2n) is 10.1. The zero-order chi connectivity index (χ0) is 32.5. The van der Waals surface area contributed by atoms with Crippen LogP contribution in [0.1, 0.15) is 5.82 Å². The molecular formula is C40H39IrN4O2P2+2. The number of hydrogen-bond acceptors (Lipinski definition) is 5. The fraction of sp³-hybridized carbons (Fsp3) is 0.0500. The second kappa shape index (κ2) is 21.5. The van der Waals surface area contributed by atoms with Crippen LogP contribution >= 0.6 is 16.3 Å². The molecule has 0 amide bonds. The third-order valence-electron chi connectivity index (χ3n) is 6.58. The number of nitrogens with zero attached hydrogens (tertiary/aromatic N) is 4. The second-order valence-corrected chi connectivity index (χ2v) is 14.0. The van der Waals surface area contributed by atoms with E-state index in [1.165, 1.54) is 15.9 Å². The Balaban J connectivity index is 0.000000200. The van der Waals surface area contributed by atoms with Crippen LogP contribution in [-0.4, -0.2) is 21.7 Å². The summed E-state index contributed by atoms with van der Waals surface area (Å²) in [5.74, 6) is 2.84. The van der Waals surface area contributed by atoms with Crippen molar-refractivity contribution in [3.63, 3.8) is 0 Å². The fourth-order valence-corrected chi connectivity index (χ4v) is 8.03. The number of para-hydroxylation sites is 2. The number of aryl methyl sites for hydroxylation is 1. The zero-order valence-electron chi connectivity index (χ0n) is 27.6. The van der Waals surface area contributed by atoms with E-state index in [0.717, 1.165) is 17.2 Å². The third-order valence-corrected chi connectivity index (χ3v) is 10.3. The Labute approximate surface area is 306 Å². The average Bonchev–Trinajstić information content (AvgIpc) is 3.58. The maximum Gasteiger partial charge on any atom is 3.00 e. The summed E-state index contributed by atoms with van der Waals surface area (Å²) in [6, 6.07) is 58.3. The van der Waals surface area contributed by atoms with Gasteiger partial charge in [0.05, 0.1) is 19.4 Å². The molecule has 9 heteroatoms. The maximum atomic E-state index is 5.68. The molecule has 0 bridgehead atoms. The number of aromatic nitrogens is 4. The van der Waals surface area contributed by atoms with Crippen molar-refractivity contribution in [1.82, 2.24) is 20.2 Å². The summed E-state index contributed by atoms with van der Waals surface area (Å²) in [6.45, 7) is 3.76. The van der Waals surface area contributed by atoms with Gasteiger partial charge in [-0.2, -0.15) is 18.2 Å². The normalized spacial score (nSPS) is 10.4. The van der Waals surface area contributed by atoms with Crippen LogP contribution in [0, 0.1) is 20.4 Å². The van der Waals surface area contributed by atoms with Crippen LogP contribution in [-0.2, 0) is 20.1 Å². The van der Waals surface area contributed by atoms with Crippen molar-refractivity contribution in [3.8, 4) is 23.0 Å². The molecule has 1 atom stereocenters. The van der Waals surface area contributed by atoms with E-state index < -0.39 is 16.3 Å². The third kappa shape index (κ3) is 12.8. The number of pyridine rings is 1. The fourth-order valence-electron chi connectivity index (χ4n) is 4.51. The summed E-state index contributed by atoms with van der Waals surface area (Å²) in [4.78, 5) is 8.19. The molecule has 0 radical (unpaired) electrons. The van der Waals surface area contributed by atoms with Gasteiger partial charge in [-0.15, -0.1) is 12.1 Å². The first-order valence-electron chi connectivity index (χ1n) is 15.2. The molecule has 248 valence electrons. The Morgan fingerprint density at radius 3 is 1.57 bits per heavy atom. The van der Waals surface area contributed by atoms with E-state index in [2.05, 4.69) is 117 Å². The quantitative estimate of drug-likeness (QED) is 0.114. The monoisotopic (exact) mass is 862 g/mol. The van der Waals surface area contributed by atoms with Gasteiger partial charge >= 0.3 is 28.5 Å². The van der Waals surface area contributed by atoms with Crippen molar-refractivity contribution in [1.29, 1.82) is 0 Å². The molecule has 7 aromatic rings. The van der Waals surface area contributed by atoms with E-state index in [1.807, 2.05) is 79.5 Å². The number of hydrogen-bond donors (Lipinski definition) is 0. The first-order chi connectivity index (χ1) is 23.2. The molecule has 5 aromatic carbocycles. The Kier molecular flexibility index (Phi) is 17.1. The molecule has 0 saturated carbocycles. The molecule has 0 N–H and O–H groups in total. The summed E-state index contributed by atoms with van der Waals surface area (Å²) >= 11 is 0. The molecule has 1 unspecified atom stereocenters. The Hall–Kier alpha value is -4.50. The maximum absolute atomic E-state index is 5.68. The van der Waals surface area contributed by atoms with Crippen molar-refractivity contribution in [2.24, 2.45) is 0 Å². The topological polar surface area (TPSA) is 71.2 Å². The predicted molar refractivity (Wildman–Crippen MR) is 203 cm³/mol. The van der Waals surface area contributed by atoms with Crippen molar-refractivity contribution < 1.29 is 29.2 Å². The van der Waals surface area contributed by atoms with Gasteiger partial charge in [-0.25, -0.2) is 0 Å². The summed E-state index contributed by atoms with van der Waals surface area (Å²) < 4.78 is 11.3. The van der Waals surface area contributed by atoms with Gasteiger partial charge in [-0.1, -0.05) is 78.9 Å². The standard InChI is InChI=1S/C18H15P.C13H12O2P.C8H7N4.CH3.Ir/c1-4-10-16(11-5-1)19(17-12-6-2-7-13-17)18-14-8-3-9-15-18;1-16(14-12-8-4-2-5-9-12)15-13-10-6-3-7-11-13;1-6-10-8(12-11-6)7-4-2-3-5-9-7;;/h1-15H;2-10H,1H3;2-5H,1H3;1H3;/q;3*-1;+3/p+2. The first kappa shape index (κ1) is 38.9. The summed E-state index contributed by atoms with van der Waals surface area (Å²) in [7, 11) is -2.20. The number of benzene rings is 5. The SMILES string of the molecule is C[PH+](Oc1[c-]cccc1)Oc1ccccc1.Cc1n[n-]c(-c2ccccn2)n1.[CH3-].[Ir+3].c1ccc([PH+](c2ccccc2)c2ccccc2)cc1. The molecule has 0 spiro atoms. The van der Waals surface area contributed by atoms with E-state index >= 15 is 0 Å². The summed E-state index contributed by atoms with van der Waals surface area (Å²) in [6.07, 6.45) is 1.71. The van der Waals surface area contributed by atoms with E-state index in [1.54, 1.807) is 13.1 Å². The minimum Gasteiger partial charge on any atom is -0.421 e. The van der Waals surface area contributed by atoms with Crippen LogP contribution in [0.2, 0.25) is 0 Å². The van der Waals surface area contributed by atoms with Gasteiger partial charge in [-0.3, -0.25) is 10.1 Å². The van der Waals surface area contributed by atoms with Gasteiger partial charge in [0.25, 0.3) is 0 Å². The van der Waals surface area contributed by atoms with Crippen LogP contribution in [0.3, 0.4) is 0 Å². The molecule has 2 heterocycles. The predicted octanol–water partition coefficient (Wildman–Crippen LogP) is 8.05. The Morgan fingerprint density at radius 1 is 0.612 bits per heavy atom. The van der Waals surface area contributed by atoms with Gasteiger partial charge in [0, 0.05) is 12.0 Å². The molecule has 0 aliphatic carbocycles. The van der Waals surface area contributed by atoms with Crippen LogP contribution in [0.15, 0.2) is 170 Å². The van der Waals surface area contributed by atoms with E-state index in [4.69, 9.17) is 9.05 Å². The van der Waals surface area contributed by atoms with Gasteiger partial charge in [0.2, 0.25) is 0 Å². The molecule has 49 heavy (non-hydrogen) atoms. The van der Waals surface area contributed by atoms with Crippen LogP contribution in [0.5, 0.6) is 11.5 Å². The Morgan fingerprint density at radius 2 is 1.12 bits per heavy atom. The van der Waals surface area contributed by atoms with Crippen LogP contribution < -0.4 is 30.1 Å². The van der Waals surface area contributed by atoms with Crippen LogP contribution in [0.25, 0.3) is 11.5 Å². The van der Waals surface area contributed by atoms with Gasteiger partial charge < -0.3 is 26.6 Å². The van der Waals surface area contributed by atoms with E-state index in [-0.39, 0.29) is 27.5 Å². The van der Waals surface area contributed by atoms with Crippen molar-refractivity contribution in [2.75, 3.05) is 6.66 Å². The first-order valence-corrected chi connectivity index (χ1v) is 18.5. The molecule has 0 saturated heterocycles. The van der Waals surface area contributed by atoms with Gasteiger partial charge in [0.15, 0.2) is 5.75 Å². The smallest absolute Gasteiger partial charge is 0.421 e. The molecule has 0 aliphatic heterocycles. The molecule has 0 aliphatic rings. The van der Waals surface area contributed by atoms with E-state index in [0.29, 0.717) is 11.6 Å². The molecule has 0 fully saturated rings. The minimum absolute atomic E-state index is 0. The zero-order valence-corrected chi connectivity index (χ0v) is 32.0. The van der Waals surface area contributed by atoms with Crippen molar-refractivity contribution in [2.45, 2.75) is 6.92 Å². The van der Waals surface area contributed by atoms with E-state index in [9.17, 15) is 0 Å². The van der Waals surface area contributed by atoms with Crippen molar-refractivity contribution in [3.05, 3.63) is 189 Å². The summed E-state index contributed by atoms with van der Waals surface area (Å²) in [5, 5.41) is 12.0. The molecule has 7 rings (SSSR count). The van der Waals surface area contributed by atoms with Crippen molar-refractivity contribution >= 4 is 32.2 Å². The van der Waals surface area contributed by atoms with Crippen LogP contribution in [0.4, 0.5) is 0 Å².